The maximum Gasteiger partial charge on any atom is 0.165 e. The molecule has 1 aromatic carbocycles. The van der Waals surface area contributed by atoms with E-state index in [1.54, 1.807) is 25.4 Å². The fourth-order valence-electron chi connectivity index (χ4n) is 1.72. The minimum Gasteiger partial charge on any atom is -0.485 e. The van der Waals surface area contributed by atoms with Crippen molar-refractivity contribution >= 4 is 11.6 Å². The third-order valence-electron chi connectivity index (χ3n) is 2.64. The van der Waals surface area contributed by atoms with Gasteiger partial charge in [0.05, 0.1) is 5.02 Å². The molecule has 1 N–H and O–H groups in total. The fourth-order valence-corrected chi connectivity index (χ4v) is 1.89. The lowest BCUT2D eigenvalue weighted by Gasteiger charge is -2.12. The first-order valence-electron chi connectivity index (χ1n) is 5.85. The van der Waals surface area contributed by atoms with Gasteiger partial charge in [0.25, 0.3) is 0 Å². The van der Waals surface area contributed by atoms with Crippen LogP contribution in [0.1, 0.15) is 11.1 Å². The van der Waals surface area contributed by atoms with Gasteiger partial charge in [-0.1, -0.05) is 23.7 Å². The molecule has 0 spiro atoms. The second kappa shape index (κ2) is 6.50. The van der Waals surface area contributed by atoms with Crippen molar-refractivity contribution in [3.63, 3.8) is 0 Å². The van der Waals surface area contributed by atoms with E-state index in [9.17, 15) is 4.39 Å². The highest BCUT2D eigenvalue weighted by molar-refractivity contribution is 6.31. The number of nitrogens with zero attached hydrogens (tertiary/aromatic N) is 1. The summed E-state index contributed by atoms with van der Waals surface area (Å²) in [6.07, 6.45) is 3.16. The number of hydrogen-bond acceptors (Lipinski definition) is 3. The maximum atomic E-state index is 13.8. The molecule has 0 saturated carbocycles. The molecule has 0 fully saturated rings. The summed E-state index contributed by atoms with van der Waals surface area (Å²) in [6, 6.07) is 6.61. The standard InChI is InChI=1S/C14H14ClFN2O/c1-17-7-10-3-2-4-13(16)14(10)19-9-11-5-6-18-8-12(11)15/h2-6,8,17H,7,9H2,1H3. The van der Waals surface area contributed by atoms with E-state index in [-0.39, 0.29) is 18.2 Å². The Morgan fingerprint density at radius 1 is 1.32 bits per heavy atom. The van der Waals surface area contributed by atoms with Crippen LogP contribution in [0, 0.1) is 5.82 Å². The maximum absolute atomic E-state index is 13.8. The first-order valence-corrected chi connectivity index (χ1v) is 6.23. The molecule has 2 aromatic rings. The van der Waals surface area contributed by atoms with E-state index in [4.69, 9.17) is 16.3 Å². The molecule has 0 aliphatic heterocycles. The largest absolute Gasteiger partial charge is 0.485 e. The molecular formula is C14H14ClFN2O. The van der Waals surface area contributed by atoms with Gasteiger partial charge < -0.3 is 10.1 Å². The number of benzene rings is 1. The van der Waals surface area contributed by atoms with Gasteiger partial charge in [0.1, 0.15) is 6.61 Å². The number of hydrogen-bond donors (Lipinski definition) is 1. The molecular weight excluding hydrogens is 267 g/mol. The van der Waals surface area contributed by atoms with E-state index < -0.39 is 0 Å². The number of rotatable bonds is 5. The lowest BCUT2D eigenvalue weighted by atomic mass is 10.2. The van der Waals surface area contributed by atoms with Gasteiger partial charge in [-0.15, -0.1) is 0 Å². The summed E-state index contributed by atoms with van der Waals surface area (Å²) in [4.78, 5) is 3.89. The van der Waals surface area contributed by atoms with Gasteiger partial charge in [-0.05, 0) is 19.2 Å². The van der Waals surface area contributed by atoms with Crippen molar-refractivity contribution in [1.82, 2.24) is 10.3 Å². The van der Waals surface area contributed by atoms with Crippen LogP contribution >= 0.6 is 11.6 Å². The predicted octanol–water partition coefficient (Wildman–Crippen LogP) is 3.17. The smallest absolute Gasteiger partial charge is 0.165 e. The zero-order valence-corrected chi connectivity index (χ0v) is 11.2. The summed E-state index contributed by atoms with van der Waals surface area (Å²) in [7, 11) is 1.80. The lowest BCUT2D eigenvalue weighted by Crippen LogP contribution is -2.09. The molecule has 0 atom stereocenters. The number of nitrogens with one attached hydrogen (secondary N) is 1. The summed E-state index contributed by atoms with van der Waals surface area (Å²) < 4.78 is 19.3. The van der Waals surface area contributed by atoms with Crippen LogP contribution in [-0.4, -0.2) is 12.0 Å². The Labute approximate surface area is 116 Å². The summed E-state index contributed by atoms with van der Waals surface area (Å²) in [5, 5.41) is 3.49. The quantitative estimate of drug-likeness (QED) is 0.913. The molecule has 0 aliphatic carbocycles. The Morgan fingerprint density at radius 3 is 2.89 bits per heavy atom. The second-order valence-corrected chi connectivity index (χ2v) is 4.42. The Hall–Kier alpha value is -1.65. The molecule has 0 bridgehead atoms. The molecule has 5 heteroatoms. The van der Waals surface area contributed by atoms with Gasteiger partial charge in [-0.2, -0.15) is 0 Å². The number of halogens is 2. The van der Waals surface area contributed by atoms with E-state index in [1.165, 1.54) is 12.3 Å². The normalized spacial score (nSPS) is 10.5. The highest BCUT2D eigenvalue weighted by atomic mass is 35.5. The van der Waals surface area contributed by atoms with Crippen LogP contribution in [0.5, 0.6) is 5.75 Å². The first kappa shape index (κ1) is 13.8. The van der Waals surface area contributed by atoms with E-state index in [2.05, 4.69) is 10.3 Å². The van der Waals surface area contributed by atoms with Crippen molar-refractivity contribution in [2.45, 2.75) is 13.2 Å². The van der Waals surface area contributed by atoms with E-state index in [1.807, 2.05) is 6.07 Å². The third-order valence-corrected chi connectivity index (χ3v) is 2.98. The molecule has 0 amide bonds. The van der Waals surface area contributed by atoms with Crippen LogP contribution in [0.15, 0.2) is 36.7 Å². The van der Waals surface area contributed by atoms with E-state index in [0.717, 1.165) is 11.1 Å². The van der Waals surface area contributed by atoms with Gasteiger partial charge >= 0.3 is 0 Å². The number of ether oxygens (including phenoxy) is 1. The summed E-state index contributed by atoms with van der Waals surface area (Å²) in [6.45, 7) is 0.746. The molecule has 0 aliphatic rings. The molecule has 19 heavy (non-hydrogen) atoms. The molecule has 0 radical (unpaired) electrons. The minimum atomic E-state index is -0.377. The van der Waals surface area contributed by atoms with Gasteiger partial charge in [-0.25, -0.2) is 4.39 Å². The topological polar surface area (TPSA) is 34.1 Å². The number of pyridine rings is 1. The average Bonchev–Trinajstić information content (AvgIpc) is 2.40. The van der Waals surface area contributed by atoms with Crippen LogP contribution in [-0.2, 0) is 13.2 Å². The second-order valence-electron chi connectivity index (χ2n) is 4.01. The molecule has 0 unspecified atom stereocenters. The van der Waals surface area contributed by atoms with Crippen LogP contribution < -0.4 is 10.1 Å². The number of aromatic nitrogens is 1. The van der Waals surface area contributed by atoms with Crippen molar-refractivity contribution in [2.75, 3.05) is 7.05 Å². The molecule has 3 nitrogen and oxygen atoms in total. The van der Waals surface area contributed by atoms with E-state index >= 15 is 0 Å². The molecule has 2 rings (SSSR count). The van der Waals surface area contributed by atoms with Crippen LogP contribution in [0.3, 0.4) is 0 Å². The third kappa shape index (κ3) is 3.43. The van der Waals surface area contributed by atoms with Crippen molar-refractivity contribution in [3.05, 3.63) is 58.6 Å². The first-order chi connectivity index (χ1) is 9.22. The van der Waals surface area contributed by atoms with Crippen molar-refractivity contribution in [3.8, 4) is 5.75 Å². The van der Waals surface area contributed by atoms with Crippen molar-refractivity contribution in [2.24, 2.45) is 0 Å². The van der Waals surface area contributed by atoms with Gasteiger partial charge in [0, 0.05) is 30.1 Å². The summed E-state index contributed by atoms with van der Waals surface area (Å²) in [5.74, 6) is -0.123. The Morgan fingerprint density at radius 2 is 2.16 bits per heavy atom. The SMILES string of the molecule is CNCc1cccc(F)c1OCc1ccncc1Cl. The fraction of sp³-hybridized carbons (Fsp3) is 0.214. The van der Waals surface area contributed by atoms with Crippen LogP contribution in [0.25, 0.3) is 0 Å². The van der Waals surface area contributed by atoms with Crippen LogP contribution in [0.2, 0.25) is 5.02 Å². The highest BCUT2D eigenvalue weighted by Crippen LogP contribution is 2.24. The summed E-state index contributed by atoms with van der Waals surface area (Å²) in [5.41, 5.74) is 1.54. The van der Waals surface area contributed by atoms with Gasteiger partial charge in [0.15, 0.2) is 11.6 Å². The zero-order chi connectivity index (χ0) is 13.7. The monoisotopic (exact) mass is 280 g/mol. The van der Waals surface area contributed by atoms with Crippen molar-refractivity contribution in [1.29, 1.82) is 0 Å². The number of para-hydroxylation sites is 1. The molecule has 0 saturated heterocycles. The Kier molecular flexibility index (Phi) is 4.71. The molecule has 1 aromatic heterocycles. The molecule has 1 heterocycles. The predicted molar refractivity (Wildman–Crippen MR) is 72.7 cm³/mol. The highest BCUT2D eigenvalue weighted by Gasteiger charge is 2.10. The van der Waals surface area contributed by atoms with Gasteiger partial charge in [-0.3, -0.25) is 4.98 Å². The van der Waals surface area contributed by atoms with Crippen LogP contribution in [0.4, 0.5) is 4.39 Å². The molecule has 100 valence electrons. The summed E-state index contributed by atoms with van der Waals surface area (Å²) >= 11 is 5.98. The van der Waals surface area contributed by atoms with Gasteiger partial charge in [0.2, 0.25) is 0 Å². The van der Waals surface area contributed by atoms with E-state index in [0.29, 0.717) is 11.6 Å². The average molecular weight is 281 g/mol. The lowest BCUT2D eigenvalue weighted by molar-refractivity contribution is 0.286. The zero-order valence-electron chi connectivity index (χ0n) is 10.5. The minimum absolute atomic E-state index is 0.207. The Bertz CT molecular complexity index is 563. The Balaban J connectivity index is 2.17. The van der Waals surface area contributed by atoms with Crippen molar-refractivity contribution < 1.29 is 9.13 Å².